The van der Waals surface area contributed by atoms with Gasteiger partial charge in [0.2, 0.25) is 0 Å². The number of nitrogens with two attached hydrogens (primary N) is 1. The number of benzene rings is 1. The van der Waals surface area contributed by atoms with E-state index in [0.29, 0.717) is 17.8 Å². The maximum atomic E-state index is 11.4. The van der Waals surface area contributed by atoms with Crippen LogP contribution in [0.3, 0.4) is 0 Å². The fourth-order valence-electron chi connectivity index (χ4n) is 1.93. The van der Waals surface area contributed by atoms with Gasteiger partial charge in [-0.3, -0.25) is 9.69 Å². The summed E-state index contributed by atoms with van der Waals surface area (Å²) in [5.41, 5.74) is 6.88. The Balaban J connectivity index is 3.06. The molecule has 1 aromatic carbocycles. The Hall–Kier alpha value is -2.04. The summed E-state index contributed by atoms with van der Waals surface area (Å²) in [4.78, 5) is 23.9. The van der Waals surface area contributed by atoms with Crippen molar-refractivity contribution in [2.45, 2.75) is 33.1 Å². The van der Waals surface area contributed by atoms with E-state index in [1.54, 1.807) is 18.2 Å². The molecule has 0 aromatic heterocycles. The van der Waals surface area contributed by atoms with E-state index in [1.165, 1.54) is 11.8 Å². The van der Waals surface area contributed by atoms with Crippen LogP contribution in [0.1, 0.15) is 43.5 Å². The minimum atomic E-state index is -1.05. The Bertz CT molecular complexity index is 472. The number of para-hydroxylation sites is 1. The molecule has 0 saturated carbocycles. The maximum absolute atomic E-state index is 11.4. The van der Waals surface area contributed by atoms with Gasteiger partial charge in [-0.1, -0.05) is 25.8 Å². The monoisotopic (exact) mass is 264 g/mol. The molecule has 1 amide bonds. The SMILES string of the molecule is CCCCCN(C(=O)O)c1cccc(C(C)=O)c1N. The maximum Gasteiger partial charge on any atom is 0.411 e. The van der Waals surface area contributed by atoms with Gasteiger partial charge in [-0.15, -0.1) is 0 Å². The molecule has 5 heteroatoms. The Labute approximate surface area is 113 Å². The molecule has 0 bridgehead atoms. The van der Waals surface area contributed by atoms with Crippen LogP contribution in [0.15, 0.2) is 18.2 Å². The summed E-state index contributed by atoms with van der Waals surface area (Å²) in [5, 5.41) is 9.27. The van der Waals surface area contributed by atoms with E-state index in [0.717, 1.165) is 19.3 Å². The van der Waals surface area contributed by atoms with Crippen LogP contribution in [0.25, 0.3) is 0 Å². The van der Waals surface area contributed by atoms with E-state index in [9.17, 15) is 14.7 Å². The van der Waals surface area contributed by atoms with Gasteiger partial charge in [0.1, 0.15) is 0 Å². The zero-order valence-corrected chi connectivity index (χ0v) is 11.3. The Morgan fingerprint density at radius 3 is 2.53 bits per heavy atom. The molecule has 1 rings (SSSR count). The highest BCUT2D eigenvalue weighted by molar-refractivity contribution is 6.03. The van der Waals surface area contributed by atoms with Crippen LogP contribution in [0.2, 0.25) is 0 Å². The van der Waals surface area contributed by atoms with Gasteiger partial charge in [0.05, 0.1) is 11.4 Å². The molecule has 5 nitrogen and oxygen atoms in total. The van der Waals surface area contributed by atoms with Gasteiger partial charge in [-0.2, -0.15) is 0 Å². The van der Waals surface area contributed by atoms with E-state index < -0.39 is 6.09 Å². The minimum Gasteiger partial charge on any atom is -0.465 e. The summed E-state index contributed by atoms with van der Waals surface area (Å²) < 4.78 is 0. The number of amides is 1. The summed E-state index contributed by atoms with van der Waals surface area (Å²) in [7, 11) is 0. The minimum absolute atomic E-state index is 0.168. The van der Waals surface area contributed by atoms with Crippen molar-refractivity contribution in [3.8, 4) is 0 Å². The molecule has 0 aliphatic carbocycles. The molecule has 19 heavy (non-hydrogen) atoms. The van der Waals surface area contributed by atoms with E-state index in [1.807, 2.05) is 0 Å². The lowest BCUT2D eigenvalue weighted by Gasteiger charge is -2.21. The second-order valence-electron chi connectivity index (χ2n) is 4.44. The zero-order valence-electron chi connectivity index (χ0n) is 11.3. The molecule has 1 aromatic rings. The van der Waals surface area contributed by atoms with Crippen molar-refractivity contribution < 1.29 is 14.7 Å². The van der Waals surface area contributed by atoms with Crippen molar-refractivity contribution in [3.63, 3.8) is 0 Å². The van der Waals surface area contributed by atoms with Crippen molar-refractivity contribution >= 4 is 23.3 Å². The number of carbonyl (C=O) groups excluding carboxylic acids is 1. The lowest BCUT2D eigenvalue weighted by atomic mass is 10.1. The molecule has 0 aliphatic rings. The second kappa shape index (κ2) is 6.78. The normalized spacial score (nSPS) is 10.2. The zero-order chi connectivity index (χ0) is 14.4. The molecule has 0 heterocycles. The van der Waals surface area contributed by atoms with Gasteiger partial charge in [-0.05, 0) is 25.5 Å². The van der Waals surface area contributed by atoms with Gasteiger partial charge in [0, 0.05) is 12.1 Å². The van der Waals surface area contributed by atoms with Crippen LogP contribution in [0.4, 0.5) is 16.2 Å². The molecular weight excluding hydrogens is 244 g/mol. The highest BCUT2D eigenvalue weighted by Crippen LogP contribution is 2.27. The van der Waals surface area contributed by atoms with Crippen molar-refractivity contribution in [1.29, 1.82) is 0 Å². The third kappa shape index (κ3) is 3.71. The number of hydrogen-bond acceptors (Lipinski definition) is 3. The van der Waals surface area contributed by atoms with E-state index in [-0.39, 0.29) is 11.5 Å². The van der Waals surface area contributed by atoms with Crippen LogP contribution in [0.5, 0.6) is 0 Å². The first-order chi connectivity index (χ1) is 8.99. The number of carbonyl (C=O) groups is 2. The standard InChI is InChI=1S/C14H20N2O3/c1-3-4-5-9-16(14(18)19)12-8-6-7-11(10(2)17)13(12)15/h6-8H,3-5,9,15H2,1-2H3,(H,18,19). The molecule has 0 radical (unpaired) electrons. The molecule has 0 saturated heterocycles. The number of Topliss-reactive ketones (excluding diaryl/α,β-unsaturated/α-hetero) is 1. The number of anilines is 2. The summed E-state index contributed by atoms with van der Waals surface area (Å²) in [6.45, 7) is 3.85. The van der Waals surface area contributed by atoms with Crippen LogP contribution in [-0.4, -0.2) is 23.5 Å². The summed E-state index contributed by atoms with van der Waals surface area (Å²) >= 11 is 0. The van der Waals surface area contributed by atoms with Crippen molar-refractivity contribution in [2.24, 2.45) is 0 Å². The van der Waals surface area contributed by atoms with Gasteiger partial charge >= 0.3 is 6.09 Å². The molecule has 0 atom stereocenters. The molecule has 0 fully saturated rings. The van der Waals surface area contributed by atoms with Crippen molar-refractivity contribution in [3.05, 3.63) is 23.8 Å². The molecule has 104 valence electrons. The predicted octanol–water partition coefficient (Wildman–Crippen LogP) is 3.15. The highest BCUT2D eigenvalue weighted by atomic mass is 16.4. The number of unbranched alkanes of at least 4 members (excludes halogenated alkanes) is 2. The van der Waals surface area contributed by atoms with E-state index in [2.05, 4.69) is 6.92 Å². The van der Waals surface area contributed by atoms with Crippen LogP contribution in [0, 0.1) is 0 Å². The molecule has 0 unspecified atom stereocenters. The first-order valence-corrected chi connectivity index (χ1v) is 6.39. The number of rotatable bonds is 6. The third-order valence-electron chi connectivity index (χ3n) is 2.97. The third-order valence-corrected chi connectivity index (χ3v) is 2.97. The van der Waals surface area contributed by atoms with Gasteiger partial charge in [-0.25, -0.2) is 4.79 Å². The summed E-state index contributed by atoms with van der Waals surface area (Å²) in [6.07, 6.45) is 1.68. The Kier molecular flexibility index (Phi) is 5.36. The number of carboxylic acid groups (broad SMARTS) is 1. The smallest absolute Gasteiger partial charge is 0.411 e. The fraction of sp³-hybridized carbons (Fsp3) is 0.429. The lowest BCUT2D eigenvalue weighted by molar-refractivity contribution is 0.101. The number of nitrogens with zero attached hydrogens (tertiary/aromatic N) is 1. The Morgan fingerprint density at radius 2 is 2.00 bits per heavy atom. The second-order valence-corrected chi connectivity index (χ2v) is 4.44. The van der Waals surface area contributed by atoms with Crippen LogP contribution >= 0.6 is 0 Å². The van der Waals surface area contributed by atoms with Gasteiger partial charge < -0.3 is 10.8 Å². The first-order valence-electron chi connectivity index (χ1n) is 6.39. The number of ketones is 1. The average Bonchev–Trinajstić information content (AvgIpc) is 2.35. The predicted molar refractivity (Wildman–Crippen MR) is 75.8 cm³/mol. The van der Waals surface area contributed by atoms with E-state index >= 15 is 0 Å². The fourth-order valence-corrected chi connectivity index (χ4v) is 1.93. The Morgan fingerprint density at radius 1 is 1.32 bits per heavy atom. The highest BCUT2D eigenvalue weighted by Gasteiger charge is 2.19. The summed E-state index contributed by atoms with van der Waals surface area (Å²) in [5.74, 6) is -0.168. The largest absolute Gasteiger partial charge is 0.465 e. The van der Waals surface area contributed by atoms with Crippen molar-refractivity contribution in [1.82, 2.24) is 0 Å². The summed E-state index contributed by atoms with van der Waals surface area (Å²) in [6, 6.07) is 4.88. The van der Waals surface area contributed by atoms with E-state index in [4.69, 9.17) is 5.73 Å². The molecule has 0 spiro atoms. The lowest BCUT2D eigenvalue weighted by Crippen LogP contribution is -2.31. The first kappa shape index (κ1) is 15.0. The molecule has 3 N–H and O–H groups in total. The van der Waals surface area contributed by atoms with Crippen LogP contribution < -0.4 is 10.6 Å². The molecular formula is C14H20N2O3. The van der Waals surface area contributed by atoms with Gasteiger partial charge in [0.25, 0.3) is 0 Å². The average molecular weight is 264 g/mol. The van der Waals surface area contributed by atoms with Crippen molar-refractivity contribution in [2.75, 3.05) is 17.2 Å². The number of nitrogen functional groups attached to an aromatic ring is 1. The topological polar surface area (TPSA) is 83.6 Å². The quantitative estimate of drug-likeness (QED) is 0.469. The van der Waals surface area contributed by atoms with Gasteiger partial charge in [0.15, 0.2) is 5.78 Å². The van der Waals surface area contributed by atoms with Crippen LogP contribution in [-0.2, 0) is 0 Å². The molecule has 0 aliphatic heterocycles. The number of hydrogen-bond donors (Lipinski definition) is 2.